The molecule has 0 saturated heterocycles. The molecular formula is C18H20N2O2. The van der Waals surface area contributed by atoms with Crippen molar-refractivity contribution in [3.8, 4) is 0 Å². The predicted molar refractivity (Wildman–Crippen MR) is 86.1 cm³/mol. The van der Waals surface area contributed by atoms with E-state index in [4.69, 9.17) is 4.74 Å². The number of nitrogens with zero attached hydrogens (tertiary/aromatic N) is 2. The standard InChI is InChI=1S/C18H20N2O2/c21-18(22-13-14-6-2-1-3-7-14)11-10-15-12-19-16-8-4-5-9-17(16)20-15/h4-5,8-12,14H,1-3,6-7,13H2. The summed E-state index contributed by atoms with van der Waals surface area (Å²) in [6.45, 7) is 0.534. The first-order chi connectivity index (χ1) is 10.8. The van der Waals surface area contributed by atoms with Gasteiger partial charge >= 0.3 is 5.97 Å². The molecule has 1 aromatic carbocycles. The Bertz CT molecular complexity index is 676. The Kier molecular flexibility index (Phi) is 4.78. The van der Waals surface area contributed by atoms with E-state index >= 15 is 0 Å². The van der Waals surface area contributed by atoms with Gasteiger partial charge in [-0.3, -0.25) is 4.98 Å². The smallest absolute Gasteiger partial charge is 0.330 e. The van der Waals surface area contributed by atoms with Gasteiger partial charge in [-0.05, 0) is 37.0 Å². The highest BCUT2D eigenvalue weighted by atomic mass is 16.5. The number of para-hydroxylation sites is 2. The lowest BCUT2D eigenvalue weighted by Gasteiger charge is -2.20. The number of benzene rings is 1. The van der Waals surface area contributed by atoms with Crippen LogP contribution in [0.1, 0.15) is 37.8 Å². The highest BCUT2D eigenvalue weighted by Gasteiger charge is 2.14. The maximum absolute atomic E-state index is 11.8. The van der Waals surface area contributed by atoms with Crippen LogP contribution in [0.5, 0.6) is 0 Å². The average molecular weight is 296 g/mol. The van der Waals surface area contributed by atoms with Crippen molar-refractivity contribution in [3.63, 3.8) is 0 Å². The minimum atomic E-state index is -0.305. The van der Waals surface area contributed by atoms with Gasteiger partial charge in [-0.25, -0.2) is 9.78 Å². The average Bonchev–Trinajstić information content (AvgIpc) is 2.59. The summed E-state index contributed by atoms with van der Waals surface area (Å²) < 4.78 is 5.32. The molecule has 22 heavy (non-hydrogen) atoms. The van der Waals surface area contributed by atoms with Gasteiger partial charge in [-0.2, -0.15) is 0 Å². The van der Waals surface area contributed by atoms with Gasteiger partial charge in [0.1, 0.15) is 0 Å². The number of hydrogen-bond donors (Lipinski definition) is 0. The molecule has 0 spiro atoms. The molecule has 1 heterocycles. The summed E-state index contributed by atoms with van der Waals surface area (Å²) in [5.74, 6) is 0.229. The van der Waals surface area contributed by atoms with Gasteiger partial charge < -0.3 is 4.74 Å². The lowest BCUT2D eigenvalue weighted by atomic mass is 9.90. The van der Waals surface area contributed by atoms with Crippen molar-refractivity contribution < 1.29 is 9.53 Å². The molecule has 0 amide bonds. The maximum atomic E-state index is 11.8. The van der Waals surface area contributed by atoms with Crippen LogP contribution in [-0.2, 0) is 9.53 Å². The second-order valence-corrected chi connectivity index (χ2v) is 5.75. The Hall–Kier alpha value is -2.23. The number of carbonyl (C=O) groups excluding carboxylic acids is 1. The van der Waals surface area contributed by atoms with E-state index in [9.17, 15) is 4.79 Å². The Morgan fingerprint density at radius 3 is 2.77 bits per heavy atom. The van der Waals surface area contributed by atoms with Gasteiger partial charge in [0, 0.05) is 6.08 Å². The highest BCUT2D eigenvalue weighted by Crippen LogP contribution is 2.23. The topological polar surface area (TPSA) is 52.1 Å². The van der Waals surface area contributed by atoms with Crippen LogP contribution in [-0.4, -0.2) is 22.5 Å². The molecule has 0 bridgehead atoms. The molecule has 114 valence electrons. The molecule has 0 radical (unpaired) electrons. The number of aromatic nitrogens is 2. The van der Waals surface area contributed by atoms with E-state index in [1.54, 1.807) is 12.3 Å². The Morgan fingerprint density at radius 1 is 1.18 bits per heavy atom. The first-order valence-electron chi connectivity index (χ1n) is 7.88. The molecule has 1 saturated carbocycles. The van der Waals surface area contributed by atoms with Crippen LogP contribution >= 0.6 is 0 Å². The molecule has 3 rings (SSSR count). The summed E-state index contributed by atoms with van der Waals surface area (Å²) in [5, 5.41) is 0. The summed E-state index contributed by atoms with van der Waals surface area (Å²) >= 11 is 0. The Balaban J connectivity index is 1.56. The zero-order valence-corrected chi connectivity index (χ0v) is 12.6. The largest absolute Gasteiger partial charge is 0.462 e. The fourth-order valence-electron chi connectivity index (χ4n) is 2.81. The second kappa shape index (κ2) is 7.16. The van der Waals surface area contributed by atoms with Gasteiger partial charge in [-0.1, -0.05) is 31.4 Å². The number of fused-ring (bicyclic) bond motifs is 1. The van der Waals surface area contributed by atoms with Crippen molar-refractivity contribution in [1.29, 1.82) is 0 Å². The van der Waals surface area contributed by atoms with E-state index in [0.29, 0.717) is 18.2 Å². The number of rotatable bonds is 4. The van der Waals surface area contributed by atoms with E-state index in [0.717, 1.165) is 11.0 Å². The minimum absolute atomic E-state index is 0.305. The molecule has 0 N–H and O–H groups in total. The van der Waals surface area contributed by atoms with Crippen molar-refractivity contribution in [3.05, 3.63) is 42.2 Å². The molecule has 2 aromatic rings. The molecule has 0 atom stereocenters. The van der Waals surface area contributed by atoms with Gasteiger partial charge in [0.15, 0.2) is 0 Å². The molecule has 1 aromatic heterocycles. The maximum Gasteiger partial charge on any atom is 0.330 e. The van der Waals surface area contributed by atoms with Crippen LogP contribution in [0.2, 0.25) is 0 Å². The van der Waals surface area contributed by atoms with E-state index in [1.807, 2.05) is 24.3 Å². The van der Waals surface area contributed by atoms with Crippen molar-refractivity contribution >= 4 is 23.1 Å². The first-order valence-corrected chi connectivity index (χ1v) is 7.88. The summed E-state index contributed by atoms with van der Waals surface area (Å²) in [7, 11) is 0. The number of hydrogen-bond acceptors (Lipinski definition) is 4. The van der Waals surface area contributed by atoms with E-state index < -0.39 is 0 Å². The molecule has 0 aliphatic heterocycles. The van der Waals surface area contributed by atoms with Crippen molar-refractivity contribution in [2.75, 3.05) is 6.61 Å². The number of ether oxygens (including phenoxy) is 1. The van der Waals surface area contributed by atoms with E-state index in [-0.39, 0.29) is 5.97 Å². The zero-order valence-electron chi connectivity index (χ0n) is 12.6. The second-order valence-electron chi connectivity index (χ2n) is 5.75. The van der Waals surface area contributed by atoms with Gasteiger partial charge in [0.2, 0.25) is 0 Å². The summed E-state index contributed by atoms with van der Waals surface area (Å²) in [4.78, 5) is 20.5. The van der Waals surface area contributed by atoms with Crippen molar-refractivity contribution in [2.45, 2.75) is 32.1 Å². The normalized spacial score (nSPS) is 16.2. The van der Waals surface area contributed by atoms with E-state index in [2.05, 4.69) is 9.97 Å². The molecular weight excluding hydrogens is 276 g/mol. The highest BCUT2D eigenvalue weighted by molar-refractivity contribution is 5.87. The summed E-state index contributed by atoms with van der Waals surface area (Å²) in [5.41, 5.74) is 2.33. The minimum Gasteiger partial charge on any atom is -0.462 e. The van der Waals surface area contributed by atoms with Gasteiger partial charge in [0.05, 0.1) is 29.5 Å². The fourth-order valence-corrected chi connectivity index (χ4v) is 2.81. The fraction of sp³-hybridized carbons (Fsp3) is 0.389. The van der Waals surface area contributed by atoms with Crippen molar-refractivity contribution in [1.82, 2.24) is 9.97 Å². The van der Waals surface area contributed by atoms with Crippen LogP contribution in [0.25, 0.3) is 17.1 Å². The number of esters is 1. The Labute approximate surface area is 130 Å². The molecule has 4 heteroatoms. The third-order valence-corrected chi connectivity index (χ3v) is 4.04. The third kappa shape index (κ3) is 3.91. The van der Waals surface area contributed by atoms with Gasteiger partial charge in [-0.15, -0.1) is 0 Å². The SMILES string of the molecule is O=C(C=Cc1cnc2ccccc2n1)OCC1CCCCC1. The molecule has 1 aliphatic rings. The van der Waals surface area contributed by atoms with Crippen LogP contribution in [0.3, 0.4) is 0 Å². The molecule has 4 nitrogen and oxygen atoms in total. The van der Waals surface area contributed by atoms with Gasteiger partial charge in [0.25, 0.3) is 0 Å². The molecule has 0 unspecified atom stereocenters. The molecule has 1 fully saturated rings. The monoisotopic (exact) mass is 296 g/mol. The van der Waals surface area contributed by atoms with Crippen LogP contribution in [0, 0.1) is 5.92 Å². The van der Waals surface area contributed by atoms with Crippen molar-refractivity contribution in [2.24, 2.45) is 5.92 Å². The van der Waals surface area contributed by atoms with E-state index in [1.165, 1.54) is 38.2 Å². The predicted octanol–water partition coefficient (Wildman–Crippen LogP) is 3.77. The van der Waals surface area contributed by atoms with Crippen LogP contribution in [0.4, 0.5) is 0 Å². The summed E-state index contributed by atoms with van der Waals surface area (Å²) in [6, 6.07) is 7.66. The first kappa shape index (κ1) is 14.7. The van der Waals surface area contributed by atoms with Crippen LogP contribution in [0.15, 0.2) is 36.5 Å². The third-order valence-electron chi connectivity index (χ3n) is 4.04. The lowest BCUT2D eigenvalue weighted by molar-refractivity contribution is -0.139. The number of carbonyl (C=O) groups is 1. The Morgan fingerprint density at radius 2 is 1.95 bits per heavy atom. The zero-order chi connectivity index (χ0) is 15.2. The molecule has 1 aliphatic carbocycles. The van der Waals surface area contributed by atoms with Crippen LogP contribution < -0.4 is 0 Å². The summed E-state index contributed by atoms with van der Waals surface area (Å²) in [6.07, 6.45) is 10.9. The lowest BCUT2D eigenvalue weighted by Crippen LogP contribution is -2.15. The quantitative estimate of drug-likeness (QED) is 0.636.